The summed E-state index contributed by atoms with van der Waals surface area (Å²) in [6.45, 7) is 3.14. The average Bonchev–Trinajstić information content (AvgIpc) is 2.69. The molecule has 1 unspecified atom stereocenters. The number of β-amino-alcohol motifs (C(OH)–C–C–N with tert-alkyl or cyclic N) is 1. The third-order valence-electron chi connectivity index (χ3n) is 2.39. The van der Waals surface area contributed by atoms with Gasteiger partial charge in [0, 0.05) is 19.7 Å². The third kappa shape index (κ3) is 4.16. The molecule has 1 fully saturated rings. The zero-order chi connectivity index (χ0) is 12.0. The molecule has 0 spiro atoms. The molecular weight excluding hydrogens is 212 g/mol. The number of amides is 2. The second-order valence-electron chi connectivity index (χ2n) is 3.70. The van der Waals surface area contributed by atoms with Crippen LogP contribution in [-0.2, 0) is 14.3 Å². The highest BCUT2D eigenvalue weighted by atomic mass is 16.5. The Morgan fingerprint density at radius 3 is 2.88 bits per heavy atom. The molecule has 1 aliphatic rings. The van der Waals surface area contributed by atoms with Gasteiger partial charge in [0.15, 0.2) is 0 Å². The van der Waals surface area contributed by atoms with Crippen LogP contribution in [0.5, 0.6) is 0 Å². The van der Waals surface area contributed by atoms with E-state index >= 15 is 0 Å². The van der Waals surface area contributed by atoms with Gasteiger partial charge in [-0.15, -0.1) is 0 Å². The molecule has 1 heterocycles. The summed E-state index contributed by atoms with van der Waals surface area (Å²) in [5.41, 5.74) is 0. The molecule has 0 bridgehead atoms. The molecule has 6 heteroatoms. The smallest absolute Gasteiger partial charge is 0.246 e. The van der Waals surface area contributed by atoms with E-state index in [0.29, 0.717) is 26.1 Å². The zero-order valence-electron chi connectivity index (χ0n) is 9.44. The van der Waals surface area contributed by atoms with Gasteiger partial charge >= 0.3 is 0 Å². The average molecular weight is 230 g/mol. The lowest BCUT2D eigenvalue weighted by molar-refractivity contribution is -0.133. The Labute approximate surface area is 94.6 Å². The topological polar surface area (TPSA) is 78.9 Å². The molecule has 0 aromatic rings. The molecule has 0 aromatic heterocycles. The third-order valence-corrected chi connectivity index (χ3v) is 2.39. The van der Waals surface area contributed by atoms with Gasteiger partial charge in [0.25, 0.3) is 0 Å². The summed E-state index contributed by atoms with van der Waals surface area (Å²) in [5.74, 6) is -0.462. The molecule has 1 saturated heterocycles. The Morgan fingerprint density at radius 1 is 1.56 bits per heavy atom. The predicted molar refractivity (Wildman–Crippen MR) is 56.7 cm³/mol. The molecule has 2 amide bonds. The molecule has 0 aromatic carbocycles. The van der Waals surface area contributed by atoms with Crippen molar-refractivity contribution in [2.45, 2.75) is 19.4 Å². The number of aliphatic hydroxyl groups is 1. The van der Waals surface area contributed by atoms with E-state index in [-0.39, 0.29) is 25.0 Å². The number of ether oxygens (including phenoxy) is 1. The Kier molecular flexibility index (Phi) is 5.21. The van der Waals surface area contributed by atoms with Crippen LogP contribution in [-0.4, -0.2) is 60.8 Å². The van der Waals surface area contributed by atoms with E-state index in [0.717, 1.165) is 0 Å². The molecule has 92 valence electrons. The van der Waals surface area contributed by atoms with Crippen LogP contribution >= 0.6 is 0 Å². The molecule has 0 aliphatic carbocycles. The van der Waals surface area contributed by atoms with Crippen molar-refractivity contribution in [3.8, 4) is 0 Å². The number of aliphatic hydroxyl groups excluding tert-OH is 1. The maximum absolute atomic E-state index is 11.5. The first kappa shape index (κ1) is 12.9. The first-order valence-corrected chi connectivity index (χ1v) is 5.43. The highest BCUT2D eigenvalue weighted by Crippen LogP contribution is 2.07. The van der Waals surface area contributed by atoms with Gasteiger partial charge < -0.3 is 20.1 Å². The van der Waals surface area contributed by atoms with Gasteiger partial charge in [-0.25, -0.2) is 0 Å². The van der Waals surface area contributed by atoms with Gasteiger partial charge in [0.1, 0.15) is 6.61 Å². The summed E-state index contributed by atoms with van der Waals surface area (Å²) in [4.78, 5) is 24.2. The molecule has 1 rings (SSSR count). The van der Waals surface area contributed by atoms with Crippen LogP contribution < -0.4 is 5.32 Å². The quantitative estimate of drug-likeness (QED) is 0.617. The summed E-state index contributed by atoms with van der Waals surface area (Å²) in [5, 5.41) is 11.7. The summed E-state index contributed by atoms with van der Waals surface area (Å²) >= 11 is 0. The van der Waals surface area contributed by atoms with E-state index in [1.165, 1.54) is 0 Å². The monoisotopic (exact) mass is 230 g/mol. The van der Waals surface area contributed by atoms with Crippen molar-refractivity contribution >= 4 is 11.8 Å². The van der Waals surface area contributed by atoms with E-state index in [1.54, 1.807) is 11.8 Å². The van der Waals surface area contributed by atoms with Crippen LogP contribution in [0.15, 0.2) is 0 Å². The molecule has 1 aliphatic heterocycles. The minimum Gasteiger partial charge on any atom is -0.391 e. The minimum atomic E-state index is -0.428. The molecule has 0 radical (unpaired) electrons. The standard InChI is InChI=1S/C10H18N2O4/c1-2-16-7-9(14)11-5-10(15)12-4-3-8(13)6-12/h8,13H,2-7H2,1H3,(H,11,14). The maximum Gasteiger partial charge on any atom is 0.246 e. The van der Waals surface area contributed by atoms with Crippen LogP contribution in [0.1, 0.15) is 13.3 Å². The van der Waals surface area contributed by atoms with E-state index in [2.05, 4.69) is 5.32 Å². The van der Waals surface area contributed by atoms with Crippen LogP contribution in [0, 0.1) is 0 Å². The molecule has 1 atom stereocenters. The van der Waals surface area contributed by atoms with Gasteiger partial charge in [-0.1, -0.05) is 0 Å². The summed E-state index contributed by atoms with van der Waals surface area (Å²) < 4.78 is 4.89. The Balaban J connectivity index is 2.17. The Hall–Kier alpha value is -1.14. The lowest BCUT2D eigenvalue weighted by atomic mass is 10.3. The number of carbonyl (C=O) groups excluding carboxylic acids is 2. The SMILES string of the molecule is CCOCC(=O)NCC(=O)N1CCC(O)C1. The van der Waals surface area contributed by atoms with Gasteiger partial charge in [-0.05, 0) is 13.3 Å². The number of nitrogens with zero attached hydrogens (tertiary/aromatic N) is 1. The van der Waals surface area contributed by atoms with Gasteiger partial charge in [0.2, 0.25) is 11.8 Å². The number of rotatable bonds is 5. The normalized spacial score (nSPS) is 19.9. The molecular formula is C10H18N2O4. The molecule has 2 N–H and O–H groups in total. The highest BCUT2D eigenvalue weighted by Gasteiger charge is 2.24. The van der Waals surface area contributed by atoms with Gasteiger partial charge in [0.05, 0.1) is 12.6 Å². The fourth-order valence-corrected chi connectivity index (χ4v) is 1.50. The van der Waals surface area contributed by atoms with Crippen molar-refractivity contribution < 1.29 is 19.4 Å². The molecule has 6 nitrogen and oxygen atoms in total. The second-order valence-corrected chi connectivity index (χ2v) is 3.70. The summed E-state index contributed by atoms with van der Waals surface area (Å²) in [6.07, 6.45) is 0.182. The molecule has 0 saturated carbocycles. The first-order valence-electron chi connectivity index (χ1n) is 5.43. The fourth-order valence-electron chi connectivity index (χ4n) is 1.50. The number of likely N-dealkylation sites (tertiary alicyclic amines) is 1. The second kappa shape index (κ2) is 6.44. The number of carbonyl (C=O) groups is 2. The summed E-state index contributed by atoms with van der Waals surface area (Å²) in [7, 11) is 0. The van der Waals surface area contributed by atoms with Crippen LogP contribution in [0.4, 0.5) is 0 Å². The number of hydrogen-bond acceptors (Lipinski definition) is 4. The maximum atomic E-state index is 11.5. The number of hydrogen-bond donors (Lipinski definition) is 2. The van der Waals surface area contributed by atoms with Crippen LogP contribution in [0.3, 0.4) is 0 Å². The van der Waals surface area contributed by atoms with Crippen LogP contribution in [0.25, 0.3) is 0 Å². The van der Waals surface area contributed by atoms with Crippen molar-refractivity contribution in [3.63, 3.8) is 0 Å². The highest BCUT2D eigenvalue weighted by molar-refractivity contribution is 5.85. The largest absolute Gasteiger partial charge is 0.391 e. The first-order chi connectivity index (χ1) is 7.63. The Morgan fingerprint density at radius 2 is 2.31 bits per heavy atom. The zero-order valence-corrected chi connectivity index (χ0v) is 9.44. The predicted octanol–water partition coefficient (Wildman–Crippen LogP) is -1.27. The lowest BCUT2D eigenvalue weighted by Gasteiger charge is -2.15. The van der Waals surface area contributed by atoms with Gasteiger partial charge in [-0.3, -0.25) is 9.59 Å². The van der Waals surface area contributed by atoms with E-state index in [9.17, 15) is 14.7 Å². The van der Waals surface area contributed by atoms with Crippen molar-refractivity contribution in [2.75, 3.05) is 32.8 Å². The van der Waals surface area contributed by atoms with Crippen molar-refractivity contribution in [1.29, 1.82) is 0 Å². The minimum absolute atomic E-state index is 0.0214. The van der Waals surface area contributed by atoms with E-state index in [1.807, 2.05) is 0 Å². The lowest BCUT2D eigenvalue weighted by Crippen LogP contribution is -2.40. The molecule has 16 heavy (non-hydrogen) atoms. The Bertz CT molecular complexity index is 257. The number of nitrogens with one attached hydrogen (secondary N) is 1. The van der Waals surface area contributed by atoms with Crippen molar-refractivity contribution in [1.82, 2.24) is 10.2 Å². The van der Waals surface area contributed by atoms with Gasteiger partial charge in [-0.2, -0.15) is 0 Å². The van der Waals surface area contributed by atoms with Crippen molar-refractivity contribution in [2.24, 2.45) is 0 Å². The van der Waals surface area contributed by atoms with E-state index in [4.69, 9.17) is 4.74 Å². The summed E-state index contributed by atoms with van der Waals surface area (Å²) in [6, 6.07) is 0. The van der Waals surface area contributed by atoms with Crippen LogP contribution in [0.2, 0.25) is 0 Å². The fraction of sp³-hybridized carbons (Fsp3) is 0.800. The van der Waals surface area contributed by atoms with Crippen molar-refractivity contribution in [3.05, 3.63) is 0 Å². The van der Waals surface area contributed by atoms with E-state index < -0.39 is 6.10 Å².